The van der Waals surface area contributed by atoms with E-state index in [4.69, 9.17) is 0 Å². The first-order valence-corrected chi connectivity index (χ1v) is 6.98. The molecule has 0 spiro atoms. The van der Waals surface area contributed by atoms with Crippen molar-refractivity contribution in [3.63, 3.8) is 0 Å². The highest BCUT2D eigenvalue weighted by Gasteiger charge is 2.33. The summed E-state index contributed by atoms with van der Waals surface area (Å²) in [7, 11) is 0. The van der Waals surface area contributed by atoms with E-state index >= 15 is 0 Å². The molecule has 2 heterocycles. The van der Waals surface area contributed by atoms with Crippen molar-refractivity contribution < 1.29 is 9.59 Å². The molecule has 1 unspecified atom stereocenters. The van der Waals surface area contributed by atoms with Crippen LogP contribution < -0.4 is 5.32 Å². The first-order valence-electron chi connectivity index (χ1n) is 6.98. The highest BCUT2D eigenvalue weighted by molar-refractivity contribution is 6.01. The van der Waals surface area contributed by atoms with E-state index in [1.165, 1.54) is 5.57 Å². The van der Waals surface area contributed by atoms with Gasteiger partial charge < -0.3 is 10.2 Å². The van der Waals surface area contributed by atoms with Crippen molar-refractivity contribution in [3.05, 3.63) is 41.5 Å². The maximum atomic E-state index is 12.7. The minimum absolute atomic E-state index is 0.0658. The summed E-state index contributed by atoms with van der Waals surface area (Å²) in [6.45, 7) is 3.50. The maximum Gasteiger partial charge on any atom is 0.231 e. The van der Waals surface area contributed by atoms with E-state index in [1.54, 1.807) is 0 Å². The monoisotopic (exact) mass is 270 g/mol. The summed E-state index contributed by atoms with van der Waals surface area (Å²) in [6.07, 6.45) is 3.26. The van der Waals surface area contributed by atoms with E-state index in [-0.39, 0.29) is 24.2 Å². The molecule has 2 amide bonds. The molecule has 0 aromatic heterocycles. The van der Waals surface area contributed by atoms with E-state index in [0.717, 1.165) is 24.2 Å². The Morgan fingerprint density at radius 3 is 2.90 bits per heavy atom. The molecule has 0 bridgehead atoms. The molecule has 0 saturated heterocycles. The topological polar surface area (TPSA) is 49.4 Å². The Hall–Kier alpha value is -2.10. The Labute approximate surface area is 118 Å². The van der Waals surface area contributed by atoms with Gasteiger partial charge in [0, 0.05) is 25.2 Å². The molecule has 2 aliphatic rings. The quantitative estimate of drug-likeness (QED) is 0.796. The number of nitrogens with one attached hydrogen (secondary N) is 1. The second-order valence-corrected chi connectivity index (χ2v) is 5.48. The molecular formula is C16H18N2O2. The zero-order valence-electron chi connectivity index (χ0n) is 11.6. The largest absolute Gasteiger partial charge is 0.338 e. The van der Waals surface area contributed by atoms with Gasteiger partial charge >= 0.3 is 0 Å². The first-order chi connectivity index (χ1) is 9.65. The molecule has 0 aliphatic carbocycles. The van der Waals surface area contributed by atoms with Crippen molar-refractivity contribution in [1.82, 2.24) is 4.90 Å². The van der Waals surface area contributed by atoms with Crippen LogP contribution in [0.3, 0.4) is 0 Å². The van der Waals surface area contributed by atoms with Gasteiger partial charge in [0.2, 0.25) is 11.8 Å². The van der Waals surface area contributed by atoms with Gasteiger partial charge in [-0.05, 0) is 25.0 Å². The predicted octanol–water partition coefficient (Wildman–Crippen LogP) is 2.29. The molecule has 1 aromatic rings. The average Bonchev–Trinajstić information content (AvgIpc) is 2.46. The van der Waals surface area contributed by atoms with Gasteiger partial charge in [0.1, 0.15) is 0 Å². The lowest BCUT2D eigenvalue weighted by molar-refractivity contribution is -0.134. The summed E-state index contributed by atoms with van der Waals surface area (Å²) < 4.78 is 0. The molecule has 1 N–H and O–H groups in total. The van der Waals surface area contributed by atoms with Crippen LogP contribution in [0, 0.1) is 0 Å². The van der Waals surface area contributed by atoms with Crippen LogP contribution in [0.1, 0.15) is 31.2 Å². The number of carbonyl (C=O) groups excluding carboxylic acids is 2. The average molecular weight is 270 g/mol. The Balaban J connectivity index is 1.87. The van der Waals surface area contributed by atoms with Crippen LogP contribution in [-0.2, 0) is 9.59 Å². The summed E-state index contributed by atoms with van der Waals surface area (Å²) >= 11 is 0. The van der Waals surface area contributed by atoms with Gasteiger partial charge in [0.25, 0.3) is 0 Å². The van der Waals surface area contributed by atoms with E-state index in [1.807, 2.05) is 29.2 Å². The van der Waals surface area contributed by atoms with Gasteiger partial charge in [-0.15, -0.1) is 0 Å². The molecule has 0 radical (unpaired) electrons. The fourth-order valence-corrected chi connectivity index (χ4v) is 2.82. The number of anilines is 1. The van der Waals surface area contributed by atoms with E-state index in [0.29, 0.717) is 6.54 Å². The molecule has 3 rings (SSSR count). The van der Waals surface area contributed by atoms with Gasteiger partial charge in [-0.3, -0.25) is 9.59 Å². The first kappa shape index (κ1) is 12.9. The molecule has 1 aromatic carbocycles. The lowest BCUT2D eigenvalue weighted by atomic mass is 9.89. The van der Waals surface area contributed by atoms with Crippen molar-refractivity contribution in [2.75, 3.05) is 18.4 Å². The SMILES string of the molecule is CC1=CCN(C(=O)C2CC(=O)Nc3ccccc32)CC1. The lowest BCUT2D eigenvalue weighted by Crippen LogP contribution is -2.40. The number of fused-ring (bicyclic) bond motifs is 1. The summed E-state index contributed by atoms with van der Waals surface area (Å²) in [6, 6.07) is 7.57. The minimum atomic E-state index is -0.341. The van der Waals surface area contributed by atoms with Crippen LogP contribution in [-0.4, -0.2) is 29.8 Å². The van der Waals surface area contributed by atoms with Crippen molar-refractivity contribution in [3.8, 4) is 0 Å². The van der Waals surface area contributed by atoms with Gasteiger partial charge in [0.15, 0.2) is 0 Å². The third-order valence-electron chi connectivity index (χ3n) is 4.05. The smallest absolute Gasteiger partial charge is 0.231 e. The number of amides is 2. The molecule has 0 saturated carbocycles. The second kappa shape index (κ2) is 5.12. The third kappa shape index (κ3) is 2.33. The summed E-state index contributed by atoms with van der Waals surface area (Å²) in [5.41, 5.74) is 3.03. The van der Waals surface area contributed by atoms with Crippen molar-refractivity contribution in [1.29, 1.82) is 0 Å². The van der Waals surface area contributed by atoms with E-state index in [2.05, 4.69) is 18.3 Å². The molecule has 104 valence electrons. The van der Waals surface area contributed by atoms with Crippen molar-refractivity contribution in [2.45, 2.75) is 25.7 Å². The van der Waals surface area contributed by atoms with E-state index in [9.17, 15) is 9.59 Å². The second-order valence-electron chi connectivity index (χ2n) is 5.48. The van der Waals surface area contributed by atoms with Gasteiger partial charge in [0.05, 0.1) is 5.92 Å². The fraction of sp³-hybridized carbons (Fsp3) is 0.375. The Morgan fingerprint density at radius 1 is 1.35 bits per heavy atom. The standard InChI is InChI=1S/C16H18N2O2/c1-11-6-8-18(9-7-11)16(20)13-10-15(19)17-14-5-3-2-4-12(13)14/h2-6,13H,7-10H2,1H3,(H,17,19). The zero-order chi connectivity index (χ0) is 14.1. The van der Waals surface area contributed by atoms with Crippen LogP contribution in [0.2, 0.25) is 0 Å². The van der Waals surface area contributed by atoms with Crippen LogP contribution in [0.5, 0.6) is 0 Å². The summed E-state index contributed by atoms with van der Waals surface area (Å²) in [5, 5.41) is 2.83. The van der Waals surface area contributed by atoms with Crippen LogP contribution in [0.15, 0.2) is 35.9 Å². The Kier molecular flexibility index (Phi) is 3.30. The highest BCUT2D eigenvalue weighted by atomic mass is 16.2. The normalized spacial score (nSPS) is 21.9. The summed E-state index contributed by atoms with van der Waals surface area (Å²) in [5.74, 6) is -0.353. The van der Waals surface area contributed by atoms with E-state index < -0.39 is 0 Å². The van der Waals surface area contributed by atoms with Crippen molar-refractivity contribution >= 4 is 17.5 Å². The summed E-state index contributed by atoms with van der Waals surface area (Å²) in [4.78, 5) is 26.3. The maximum absolute atomic E-state index is 12.7. The number of rotatable bonds is 1. The predicted molar refractivity (Wildman–Crippen MR) is 77.4 cm³/mol. The van der Waals surface area contributed by atoms with Crippen molar-refractivity contribution in [2.24, 2.45) is 0 Å². The van der Waals surface area contributed by atoms with Gasteiger partial charge in [-0.1, -0.05) is 29.8 Å². The van der Waals surface area contributed by atoms with Crippen LogP contribution >= 0.6 is 0 Å². The highest BCUT2D eigenvalue weighted by Crippen LogP contribution is 2.33. The number of para-hydroxylation sites is 1. The Bertz CT molecular complexity index is 592. The van der Waals surface area contributed by atoms with Gasteiger partial charge in [-0.25, -0.2) is 0 Å². The number of hydrogen-bond acceptors (Lipinski definition) is 2. The lowest BCUT2D eigenvalue weighted by Gasteiger charge is -2.32. The molecule has 4 nitrogen and oxygen atoms in total. The van der Waals surface area contributed by atoms with Crippen LogP contribution in [0.25, 0.3) is 0 Å². The number of hydrogen-bond donors (Lipinski definition) is 1. The van der Waals surface area contributed by atoms with Crippen LogP contribution in [0.4, 0.5) is 5.69 Å². The molecule has 1 atom stereocenters. The molecule has 0 fully saturated rings. The number of nitrogens with zero attached hydrogens (tertiary/aromatic N) is 1. The third-order valence-corrected chi connectivity index (χ3v) is 4.05. The number of benzene rings is 1. The minimum Gasteiger partial charge on any atom is -0.338 e. The molecule has 2 aliphatic heterocycles. The zero-order valence-corrected chi connectivity index (χ0v) is 11.6. The molecule has 20 heavy (non-hydrogen) atoms. The molecule has 4 heteroatoms. The Morgan fingerprint density at radius 2 is 2.15 bits per heavy atom. The number of carbonyl (C=O) groups is 2. The van der Waals surface area contributed by atoms with Gasteiger partial charge in [-0.2, -0.15) is 0 Å². The molecular weight excluding hydrogens is 252 g/mol. The fourth-order valence-electron chi connectivity index (χ4n) is 2.82.